The fraction of sp³-hybridized carbons (Fsp3) is 0.600. The molecule has 4 heterocycles. The first-order valence-corrected chi connectivity index (χ1v) is 14.2. The van der Waals surface area contributed by atoms with Crippen LogP contribution in [0, 0.1) is 0 Å². The summed E-state index contributed by atoms with van der Waals surface area (Å²) in [5.74, 6) is -0.519. The van der Waals surface area contributed by atoms with Crippen molar-refractivity contribution in [3.05, 3.63) is 45.5 Å². The molecule has 1 aliphatic carbocycles. The molecule has 192 valence electrons. The van der Waals surface area contributed by atoms with Gasteiger partial charge in [-0.15, -0.1) is 0 Å². The predicted molar refractivity (Wildman–Crippen MR) is 147 cm³/mol. The van der Waals surface area contributed by atoms with Gasteiger partial charge < -0.3 is 30.6 Å². The zero-order valence-corrected chi connectivity index (χ0v) is 21.7. The molecule has 7 rings (SSSR count). The van der Waals surface area contributed by atoms with Gasteiger partial charge in [0.15, 0.2) is 0 Å². The minimum Gasteiger partial charge on any atom is -0.392 e. The van der Waals surface area contributed by atoms with Crippen molar-refractivity contribution in [3.8, 4) is 0 Å². The molecule has 0 unspecified atom stereocenters. The Morgan fingerprint density at radius 2 is 1.03 bits per heavy atom. The van der Waals surface area contributed by atoms with Gasteiger partial charge in [0.05, 0.1) is 12.2 Å². The number of aliphatic hydroxyl groups excluding tert-OH is 2. The molecule has 0 atom stereocenters. The second-order valence-corrected chi connectivity index (χ2v) is 11.6. The van der Waals surface area contributed by atoms with Crippen molar-refractivity contribution in [1.82, 2.24) is 0 Å². The van der Waals surface area contributed by atoms with Gasteiger partial charge >= 0.3 is 0 Å². The minimum absolute atomic E-state index is 0.259. The van der Waals surface area contributed by atoms with E-state index in [0.29, 0.717) is 0 Å². The Bertz CT molecular complexity index is 1100. The van der Waals surface area contributed by atoms with Gasteiger partial charge in [0, 0.05) is 74.9 Å². The zero-order valence-electron chi connectivity index (χ0n) is 21.7. The highest BCUT2D eigenvalue weighted by Crippen LogP contribution is 2.55. The summed E-state index contributed by atoms with van der Waals surface area (Å²) >= 11 is 0. The Morgan fingerprint density at radius 1 is 0.639 bits per heavy atom. The monoisotopic (exact) mass is 488 g/mol. The van der Waals surface area contributed by atoms with Gasteiger partial charge in [0.2, 0.25) is 0 Å². The van der Waals surface area contributed by atoms with Crippen LogP contribution in [0.4, 0.5) is 22.7 Å². The summed E-state index contributed by atoms with van der Waals surface area (Å²) in [6.07, 6.45) is 7.83. The third-order valence-corrected chi connectivity index (χ3v) is 9.80. The molecule has 0 saturated heterocycles. The maximum absolute atomic E-state index is 11.7. The van der Waals surface area contributed by atoms with E-state index in [4.69, 9.17) is 0 Å². The zero-order chi connectivity index (χ0) is 24.6. The lowest BCUT2D eigenvalue weighted by Crippen LogP contribution is -2.52. The van der Waals surface area contributed by atoms with E-state index in [9.17, 15) is 10.2 Å². The third-order valence-electron chi connectivity index (χ3n) is 9.80. The molecule has 0 spiro atoms. The summed E-state index contributed by atoms with van der Waals surface area (Å²) in [5.41, 5.74) is 13.0. The highest BCUT2D eigenvalue weighted by molar-refractivity contribution is 5.78. The molecular formula is C30H40N4O2. The standard InChI is InChI=1S/C30H40N4O2/c1-31-25-19-9-5-13-33-11-3-7-17(27(19)33)15-21(25)23-29(35)24(30(23)36)22-16-18-8-4-12-34-14-6-10-20(28(18)34)26(22)32-2/h15-16,23-24,29-32,35-36H,3-14H2,1-2H3. The quantitative estimate of drug-likeness (QED) is 0.525. The van der Waals surface area contributed by atoms with Gasteiger partial charge in [-0.1, -0.05) is 12.1 Å². The van der Waals surface area contributed by atoms with Crippen molar-refractivity contribution < 1.29 is 10.2 Å². The molecule has 2 aromatic carbocycles. The van der Waals surface area contributed by atoms with Gasteiger partial charge in [-0.25, -0.2) is 0 Å². The first-order valence-electron chi connectivity index (χ1n) is 14.2. The number of hydrogen-bond donors (Lipinski definition) is 4. The van der Waals surface area contributed by atoms with Crippen LogP contribution < -0.4 is 20.4 Å². The fourth-order valence-corrected chi connectivity index (χ4v) is 8.33. The van der Waals surface area contributed by atoms with E-state index in [-0.39, 0.29) is 11.8 Å². The molecular weight excluding hydrogens is 448 g/mol. The van der Waals surface area contributed by atoms with Crippen LogP contribution in [-0.4, -0.2) is 62.7 Å². The molecule has 2 aromatic rings. The number of rotatable bonds is 4. The number of aliphatic hydroxyl groups is 2. The van der Waals surface area contributed by atoms with Crippen LogP contribution >= 0.6 is 0 Å². The summed E-state index contributed by atoms with van der Waals surface area (Å²) in [6, 6.07) is 4.62. The van der Waals surface area contributed by atoms with E-state index in [1.165, 1.54) is 59.3 Å². The highest BCUT2D eigenvalue weighted by atomic mass is 16.3. The SMILES string of the molecule is CNc1c(C2C(O)C(c3cc4c5c(c3NC)CCCN5CCC4)C2O)cc2c3c1CCCN3CCC2. The summed E-state index contributed by atoms with van der Waals surface area (Å²) in [5, 5.41) is 30.4. The van der Waals surface area contributed by atoms with E-state index in [1.807, 2.05) is 14.1 Å². The van der Waals surface area contributed by atoms with Crippen molar-refractivity contribution in [2.24, 2.45) is 0 Å². The molecule has 0 amide bonds. The smallest absolute Gasteiger partial charge is 0.0728 e. The van der Waals surface area contributed by atoms with Crippen molar-refractivity contribution >= 4 is 22.7 Å². The lowest BCUT2D eigenvalue weighted by molar-refractivity contribution is -0.0781. The van der Waals surface area contributed by atoms with Crippen molar-refractivity contribution in [2.75, 3.05) is 60.7 Å². The number of anilines is 4. The number of aryl methyl sites for hydroxylation is 2. The number of benzene rings is 2. The molecule has 5 aliphatic rings. The summed E-state index contributed by atoms with van der Waals surface area (Å²) in [4.78, 5) is 5.11. The van der Waals surface area contributed by atoms with E-state index < -0.39 is 12.2 Å². The normalized spacial score (nSPS) is 28.2. The highest BCUT2D eigenvalue weighted by Gasteiger charge is 2.53. The van der Waals surface area contributed by atoms with Crippen LogP contribution in [0.15, 0.2) is 12.1 Å². The van der Waals surface area contributed by atoms with Gasteiger partial charge in [-0.05, 0) is 84.7 Å². The minimum atomic E-state index is -0.596. The predicted octanol–water partition coefficient (Wildman–Crippen LogP) is 3.77. The molecule has 0 radical (unpaired) electrons. The summed E-state index contributed by atoms with van der Waals surface area (Å²) in [7, 11) is 4.00. The van der Waals surface area contributed by atoms with Crippen LogP contribution in [0.5, 0.6) is 0 Å². The molecule has 36 heavy (non-hydrogen) atoms. The topological polar surface area (TPSA) is 71.0 Å². The average Bonchev–Trinajstić information content (AvgIpc) is 2.90. The Kier molecular flexibility index (Phi) is 5.40. The number of hydrogen-bond acceptors (Lipinski definition) is 6. The van der Waals surface area contributed by atoms with Gasteiger partial charge in [0.1, 0.15) is 0 Å². The van der Waals surface area contributed by atoms with E-state index in [2.05, 4.69) is 32.6 Å². The van der Waals surface area contributed by atoms with Crippen molar-refractivity contribution in [1.29, 1.82) is 0 Å². The Morgan fingerprint density at radius 3 is 1.42 bits per heavy atom. The first kappa shape index (κ1) is 22.7. The molecule has 6 heteroatoms. The van der Waals surface area contributed by atoms with Crippen molar-refractivity contribution in [2.45, 2.75) is 75.4 Å². The van der Waals surface area contributed by atoms with Crippen molar-refractivity contribution in [3.63, 3.8) is 0 Å². The Balaban J connectivity index is 1.29. The molecule has 6 nitrogen and oxygen atoms in total. The van der Waals surface area contributed by atoms with Gasteiger partial charge in [-0.3, -0.25) is 0 Å². The fourth-order valence-electron chi connectivity index (χ4n) is 8.33. The van der Waals surface area contributed by atoms with E-state index >= 15 is 0 Å². The molecule has 4 aliphatic heterocycles. The lowest BCUT2D eigenvalue weighted by atomic mass is 9.61. The Hall–Kier alpha value is -2.44. The third kappa shape index (κ3) is 3.10. The first-order chi connectivity index (χ1) is 17.6. The van der Waals surface area contributed by atoms with Crippen LogP contribution in [-0.2, 0) is 25.7 Å². The maximum atomic E-state index is 11.7. The van der Waals surface area contributed by atoms with Gasteiger partial charge in [-0.2, -0.15) is 0 Å². The number of nitrogens with zero attached hydrogens (tertiary/aromatic N) is 2. The second-order valence-electron chi connectivity index (χ2n) is 11.6. The average molecular weight is 489 g/mol. The number of nitrogens with one attached hydrogen (secondary N) is 2. The molecule has 0 bridgehead atoms. The van der Waals surface area contributed by atoms with E-state index in [0.717, 1.165) is 74.4 Å². The summed E-state index contributed by atoms with van der Waals surface area (Å²) < 4.78 is 0. The molecule has 1 saturated carbocycles. The van der Waals surface area contributed by atoms with Crippen LogP contribution in [0.1, 0.15) is 70.9 Å². The Labute approximate surface area is 214 Å². The molecule has 4 N–H and O–H groups in total. The lowest BCUT2D eigenvalue weighted by Gasteiger charge is -2.50. The second kappa shape index (κ2) is 8.56. The van der Waals surface area contributed by atoms with Crippen LogP contribution in [0.2, 0.25) is 0 Å². The van der Waals surface area contributed by atoms with Crippen LogP contribution in [0.3, 0.4) is 0 Å². The summed E-state index contributed by atoms with van der Waals surface area (Å²) in [6.45, 7) is 4.57. The van der Waals surface area contributed by atoms with Gasteiger partial charge in [0.25, 0.3) is 0 Å². The molecule has 1 fully saturated rings. The van der Waals surface area contributed by atoms with Crippen LogP contribution in [0.25, 0.3) is 0 Å². The maximum Gasteiger partial charge on any atom is 0.0728 e. The molecule has 0 aromatic heterocycles. The van der Waals surface area contributed by atoms with E-state index in [1.54, 1.807) is 0 Å². The largest absolute Gasteiger partial charge is 0.392 e.